The summed E-state index contributed by atoms with van der Waals surface area (Å²) in [5.41, 5.74) is 11.6. The van der Waals surface area contributed by atoms with Crippen LogP contribution in [-0.4, -0.2) is 26.3 Å². The Kier molecular flexibility index (Phi) is 5.89. The highest BCUT2D eigenvalue weighted by Gasteiger charge is 2.24. The van der Waals surface area contributed by atoms with Crippen molar-refractivity contribution in [3.8, 4) is 0 Å². The average molecular weight is 361 g/mol. The minimum atomic E-state index is -3.95. The Morgan fingerprint density at radius 2 is 1.56 bits per heavy atom. The molecule has 0 saturated carbocycles. The highest BCUT2D eigenvalue weighted by molar-refractivity contribution is 7.89. The largest absolute Gasteiger partial charge is 0.368 e. The van der Waals surface area contributed by atoms with Gasteiger partial charge in [-0.15, -0.1) is 0 Å². The standard InChI is InChI=1S/C17H19N3O4S/c18-16(21)13-7-9-14(10-8-13)25(23,24)20-15(17(19)22)11-6-12-4-2-1-3-5-12/h1-5,7-10,15,20H,6,11H2,(H2,18,21)(H2,19,22). The van der Waals surface area contributed by atoms with E-state index >= 15 is 0 Å². The number of sulfonamides is 1. The maximum absolute atomic E-state index is 12.4. The molecule has 2 aromatic carbocycles. The zero-order chi connectivity index (χ0) is 18.4. The summed E-state index contributed by atoms with van der Waals surface area (Å²) < 4.78 is 27.1. The van der Waals surface area contributed by atoms with Gasteiger partial charge in [-0.2, -0.15) is 4.72 Å². The summed E-state index contributed by atoms with van der Waals surface area (Å²) in [6.07, 6.45) is 0.732. The molecule has 8 heteroatoms. The second-order valence-corrected chi connectivity index (χ2v) is 7.20. The third-order valence-corrected chi connectivity index (χ3v) is 5.14. The van der Waals surface area contributed by atoms with E-state index in [1.54, 1.807) is 0 Å². The molecule has 7 nitrogen and oxygen atoms in total. The van der Waals surface area contributed by atoms with Crippen molar-refractivity contribution in [3.63, 3.8) is 0 Å². The number of nitrogens with one attached hydrogen (secondary N) is 1. The molecule has 0 aliphatic carbocycles. The molecular formula is C17H19N3O4S. The van der Waals surface area contributed by atoms with Gasteiger partial charge in [0, 0.05) is 5.56 Å². The van der Waals surface area contributed by atoms with Gasteiger partial charge >= 0.3 is 0 Å². The average Bonchev–Trinajstić information content (AvgIpc) is 2.59. The summed E-state index contributed by atoms with van der Waals surface area (Å²) in [6, 6.07) is 13.4. The Labute approximate surface area is 146 Å². The van der Waals surface area contributed by atoms with Gasteiger partial charge in [0.25, 0.3) is 0 Å². The lowest BCUT2D eigenvalue weighted by atomic mass is 10.1. The Morgan fingerprint density at radius 1 is 0.960 bits per heavy atom. The third-order valence-electron chi connectivity index (χ3n) is 3.65. The molecule has 2 aromatic rings. The van der Waals surface area contributed by atoms with Gasteiger partial charge in [-0.05, 0) is 42.7 Å². The molecule has 132 valence electrons. The molecule has 2 amide bonds. The maximum atomic E-state index is 12.4. The topological polar surface area (TPSA) is 132 Å². The second kappa shape index (κ2) is 7.91. The highest BCUT2D eigenvalue weighted by atomic mass is 32.2. The molecule has 0 saturated heterocycles. The lowest BCUT2D eigenvalue weighted by molar-refractivity contribution is -0.119. The van der Waals surface area contributed by atoms with E-state index in [1.807, 2.05) is 30.3 Å². The van der Waals surface area contributed by atoms with Gasteiger partial charge in [0.1, 0.15) is 6.04 Å². The number of primary amides is 2. The summed E-state index contributed by atoms with van der Waals surface area (Å²) in [6.45, 7) is 0. The lowest BCUT2D eigenvalue weighted by Gasteiger charge is -2.16. The number of hydrogen-bond donors (Lipinski definition) is 3. The number of aryl methyl sites for hydroxylation is 1. The summed E-state index contributed by atoms with van der Waals surface area (Å²) in [4.78, 5) is 22.6. The SMILES string of the molecule is NC(=O)c1ccc(S(=O)(=O)NC(CCc2ccccc2)C(N)=O)cc1. The van der Waals surface area contributed by atoms with Crippen LogP contribution in [0.15, 0.2) is 59.5 Å². The maximum Gasteiger partial charge on any atom is 0.248 e. The normalized spacial score (nSPS) is 12.5. The van der Waals surface area contributed by atoms with E-state index in [9.17, 15) is 18.0 Å². The van der Waals surface area contributed by atoms with Crippen molar-refractivity contribution in [3.05, 3.63) is 65.7 Å². The molecular weight excluding hydrogens is 342 g/mol. The Morgan fingerprint density at radius 3 is 2.08 bits per heavy atom. The van der Waals surface area contributed by atoms with Crippen LogP contribution in [0.4, 0.5) is 0 Å². The summed E-state index contributed by atoms with van der Waals surface area (Å²) in [7, 11) is -3.95. The van der Waals surface area contributed by atoms with Gasteiger partial charge < -0.3 is 11.5 Å². The van der Waals surface area contributed by atoms with Gasteiger partial charge in [-0.3, -0.25) is 9.59 Å². The molecule has 0 aliphatic rings. The van der Waals surface area contributed by atoms with Gasteiger partial charge in [-0.25, -0.2) is 8.42 Å². The van der Waals surface area contributed by atoms with E-state index in [-0.39, 0.29) is 16.9 Å². The molecule has 5 N–H and O–H groups in total. The molecule has 1 atom stereocenters. The predicted octanol–water partition coefficient (Wildman–Crippen LogP) is 0.550. The Balaban J connectivity index is 2.11. The van der Waals surface area contributed by atoms with Crippen LogP contribution in [0.2, 0.25) is 0 Å². The van der Waals surface area contributed by atoms with E-state index in [2.05, 4.69) is 4.72 Å². The zero-order valence-corrected chi connectivity index (χ0v) is 14.2. The summed E-state index contributed by atoms with van der Waals surface area (Å²) >= 11 is 0. The number of carbonyl (C=O) groups is 2. The first-order chi connectivity index (χ1) is 11.8. The molecule has 1 unspecified atom stereocenters. The van der Waals surface area contributed by atoms with E-state index < -0.39 is 27.9 Å². The number of rotatable bonds is 8. The fraction of sp³-hybridized carbons (Fsp3) is 0.176. The highest BCUT2D eigenvalue weighted by Crippen LogP contribution is 2.13. The molecule has 0 radical (unpaired) electrons. The van der Waals surface area contributed by atoms with Crippen LogP contribution in [-0.2, 0) is 21.2 Å². The van der Waals surface area contributed by atoms with Crippen LogP contribution >= 0.6 is 0 Å². The quantitative estimate of drug-likeness (QED) is 0.633. The van der Waals surface area contributed by atoms with Crippen molar-refractivity contribution in [1.29, 1.82) is 0 Å². The third kappa shape index (κ3) is 5.13. The molecule has 0 aliphatic heterocycles. The Hall–Kier alpha value is -2.71. The summed E-state index contributed by atoms with van der Waals surface area (Å²) in [5, 5.41) is 0. The minimum Gasteiger partial charge on any atom is -0.368 e. The van der Waals surface area contributed by atoms with Crippen LogP contribution in [0.5, 0.6) is 0 Å². The lowest BCUT2D eigenvalue weighted by Crippen LogP contribution is -2.44. The van der Waals surface area contributed by atoms with Gasteiger partial charge in [0.2, 0.25) is 21.8 Å². The van der Waals surface area contributed by atoms with Gasteiger partial charge in [0.05, 0.1) is 4.90 Å². The molecule has 25 heavy (non-hydrogen) atoms. The van der Waals surface area contributed by atoms with Crippen molar-refractivity contribution in [2.45, 2.75) is 23.8 Å². The van der Waals surface area contributed by atoms with Crippen LogP contribution in [0.1, 0.15) is 22.3 Å². The van der Waals surface area contributed by atoms with Gasteiger partial charge in [0.15, 0.2) is 0 Å². The van der Waals surface area contributed by atoms with Crippen molar-refractivity contribution in [2.24, 2.45) is 11.5 Å². The van der Waals surface area contributed by atoms with Crippen LogP contribution in [0, 0.1) is 0 Å². The van der Waals surface area contributed by atoms with Crippen molar-refractivity contribution in [2.75, 3.05) is 0 Å². The predicted molar refractivity (Wildman–Crippen MR) is 93.0 cm³/mol. The first-order valence-corrected chi connectivity index (χ1v) is 9.03. The smallest absolute Gasteiger partial charge is 0.248 e. The molecule has 0 fully saturated rings. The number of hydrogen-bond acceptors (Lipinski definition) is 4. The van der Waals surface area contributed by atoms with E-state index in [0.29, 0.717) is 6.42 Å². The van der Waals surface area contributed by atoms with E-state index in [1.165, 1.54) is 24.3 Å². The van der Waals surface area contributed by atoms with Gasteiger partial charge in [-0.1, -0.05) is 30.3 Å². The number of amides is 2. The minimum absolute atomic E-state index is 0.0801. The molecule has 0 bridgehead atoms. The second-order valence-electron chi connectivity index (χ2n) is 5.49. The van der Waals surface area contributed by atoms with E-state index in [0.717, 1.165) is 5.56 Å². The first kappa shape index (κ1) is 18.6. The number of carbonyl (C=O) groups excluding carboxylic acids is 2. The first-order valence-electron chi connectivity index (χ1n) is 7.55. The molecule has 2 rings (SSSR count). The fourth-order valence-electron chi connectivity index (χ4n) is 2.27. The van der Waals surface area contributed by atoms with Crippen LogP contribution in [0.3, 0.4) is 0 Å². The fourth-order valence-corrected chi connectivity index (χ4v) is 3.51. The monoisotopic (exact) mass is 361 g/mol. The van der Waals surface area contributed by atoms with Crippen LogP contribution < -0.4 is 16.2 Å². The van der Waals surface area contributed by atoms with Crippen molar-refractivity contribution in [1.82, 2.24) is 4.72 Å². The zero-order valence-electron chi connectivity index (χ0n) is 13.4. The molecule has 0 aromatic heterocycles. The number of benzene rings is 2. The van der Waals surface area contributed by atoms with Crippen LogP contribution in [0.25, 0.3) is 0 Å². The molecule has 0 heterocycles. The Bertz CT molecular complexity index is 849. The molecule has 0 spiro atoms. The van der Waals surface area contributed by atoms with E-state index in [4.69, 9.17) is 11.5 Å². The van der Waals surface area contributed by atoms with Crippen molar-refractivity contribution < 1.29 is 18.0 Å². The summed E-state index contributed by atoms with van der Waals surface area (Å²) in [5.74, 6) is -1.41. The number of nitrogens with two attached hydrogens (primary N) is 2. The van der Waals surface area contributed by atoms with Crippen molar-refractivity contribution >= 4 is 21.8 Å².